The van der Waals surface area contributed by atoms with E-state index in [2.05, 4.69) is 34.2 Å². The molecule has 1 aromatic heterocycles. The molecule has 3 aromatic rings. The molecule has 1 atom stereocenters. The number of hydrogen-bond acceptors (Lipinski definition) is 4. The van der Waals surface area contributed by atoms with Crippen molar-refractivity contribution in [3.63, 3.8) is 0 Å². The largest absolute Gasteiger partial charge is 0.489 e. The number of carbonyl (C=O) groups is 1. The van der Waals surface area contributed by atoms with Gasteiger partial charge in [-0.15, -0.1) is 11.8 Å². The highest BCUT2D eigenvalue weighted by atomic mass is 32.2. The Morgan fingerprint density at radius 1 is 1.18 bits per heavy atom. The monoisotopic (exact) mass is 393 g/mol. The van der Waals surface area contributed by atoms with Crippen molar-refractivity contribution in [2.24, 2.45) is 0 Å². The molecule has 1 aliphatic rings. The van der Waals surface area contributed by atoms with Crippen molar-refractivity contribution in [3.05, 3.63) is 83.9 Å². The second kappa shape index (κ2) is 8.97. The summed E-state index contributed by atoms with van der Waals surface area (Å²) in [5.74, 6) is 2.52. The van der Waals surface area contributed by atoms with Crippen LogP contribution in [0.2, 0.25) is 0 Å². The highest BCUT2D eigenvalue weighted by Crippen LogP contribution is 2.39. The smallest absolute Gasteiger partial charge is 0.233 e. The van der Waals surface area contributed by atoms with Crippen molar-refractivity contribution < 1.29 is 9.53 Å². The van der Waals surface area contributed by atoms with E-state index >= 15 is 0 Å². The molecule has 1 N–H and O–H groups in total. The van der Waals surface area contributed by atoms with Crippen LogP contribution in [0.5, 0.6) is 5.75 Å². The van der Waals surface area contributed by atoms with Gasteiger partial charge in [-0.1, -0.05) is 42.5 Å². The molecule has 0 spiro atoms. The van der Waals surface area contributed by atoms with Gasteiger partial charge < -0.3 is 14.6 Å². The van der Waals surface area contributed by atoms with E-state index in [0.29, 0.717) is 12.4 Å². The van der Waals surface area contributed by atoms with Crippen molar-refractivity contribution in [3.8, 4) is 5.75 Å². The molecule has 1 aliphatic heterocycles. The molecule has 0 bridgehead atoms. The fourth-order valence-electron chi connectivity index (χ4n) is 3.32. The first-order chi connectivity index (χ1) is 13.8. The molecule has 1 fully saturated rings. The molecule has 0 aliphatic carbocycles. The van der Waals surface area contributed by atoms with E-state index in [9.17, 15) is 4.79 Å². The summed E-state index contributed by atoms with van der Waals surface area (Å²) in [6.45, 7) is 1.26. The summed E-state index contributed by atoms with van der Waals surface area (Å²) in [6.07, 6.45) is 5.32. The number of nitrogens with zero attached hydrogens (tertiary/aromatic N) is 2. The maximum absolute atomic E-state index is 12.4. The summed E-state index contributed by atoms with van der Waals surface area (Å²) >= 11 is 1.68. The number of aromatic nitrogens is 2. The fraction of sp³-hybridized carbons (Fsp3) is 0.273. The number of hydrogen-bond donors (Lipinski definition) is 1. The predicted molar refractivity (Wildman–Crippen MR) is 111 cm³/mol. The first-order valence-electron chi connectivity index (χ1n) is 9.45. The van der Waals surface area contributed by atoms with E-state index in [-0.39, 0.29) is 11.3 Å². The number of carbonyl (C=O) groups excluding carboxylic acids is 1. The summed E-state index contributed by atoms with van der Waals surface area (Å²) in [7, 11) is 0. The Morgan fingerprint density at radius 2 is 2.07 bits per heavy atom. The van der Waals surface area contributed by atoms with Gasteiger partial charge in [-0.05, 0) is 29.7 Å². The van der Waals surface area contributed by atoms with Gasteiger partial charge in [0.25, 0.3) is 0 Å². The third-order valence-electron chi connectivity index (χ3n) is 4.73. The number of aromatic amines is 1. The second-order valence-corrected chi connectivity index (χ2v) is 7.81. The summed E-state index contributed by atoms with van der Waals surface area (Å²) in [6, 6.07) is 18.2. The summed E-state index contributed by atoms with van der Waals surface area (Å²) < 4.78 is 5.96. The van der Waals surface area contributed by atoms with Crippen LogP contribution >= 0.6 is 11.8 Å². The van der Waals surface area contributed by atoms with E-state index in [0.717, 1.165) is 42.1 Å². The minimum absolute atomic E-state index is 0.0457. The number of nitrogens with one attached hydrogen (secondary N) is 1. The number of ether oxygens (including phenoxy) is 1. The van der Waals surface area contributed by atoms with Gasteiger partial charge in [-0.25, -0.2) is 4.98 Å². The van der Waals surface area contributed by atoms with Crippen LogP contribution in [-0.4, -0.2) is 33.1 Å². The van der Waals surface area contributed by atoms with Gasteiger partial charge in [-0.3, -0.25) is 4.79 Å². The molecule has 1 amide bonds. The summed E-state index contributed by atoms with van der Waals surface area (Å²) in [5, 5.41) is 0.0457. The van der Waals surface area contributed by atoms with E-state index < -0.39 is 0 Å². The van der Waals surface area contributed by atoms with Gasteiger partial charge in [0.1, 0.15) is 23.6 Å². The number of benzene rings is 2. The van der Waals surface area contributed by atoms with Crippen molar-refractivity contribution >= 4 is 17.7 Å². The van der Waals surface area contributed by atoms with Crippen LogP contribution in [0.15, 0.2) is 67.0 Å². The van der Waals surface area contributed by atoms with Gasteiger partial charge in [0, 0.05) is 25.4 Å². The Balaban J connectivity index is 1.39. The van der Waals surface area contributed by atoms with Crippen molar-refractivity contribution in [1.82, 2.24) is 14.9 Å². The zero-order valence-corrected chi connectivity index (χ0v) is 16.4. The fourth-order valence-corrected chi connectivity index (χ4v) is 4.53. The van der Waals surface area contributed by atoms with Crippen molar-refractivity contribution in [2.45, 2.75) is 24.8 Å². The molecule has 1 unspecified atom stereocenters. The minimum Gasteiger partial charge on any atom is -0.489 e. The number of H-pyrrole nitrogens is 1. The first-order valence-corrected chi connectivity index (χ1v) is 10.5. The lowest BCUT2D eigenvalue weighted by Crippen LogP contribution is -2.29. The second-order valence-electron chi connectivity index (χ2n) is 6.74. The van der Waals surface area contributed by atoms with Gasteiger partial charge in [0.15, 0.2) is 0 Å². The normalized spacial score (nSPS) is 16.5. The molecule has 144 valence electrons. The van der Waals surface area contributed by atoms with E-state index in [1.54, 1.807) is 18.0 Å². The first kappa shape index (κ1) is 18.6. The zero-order valence-electron chi connectivity index (χ0n) is 15.6. The van der Waals surface area contributed by atoms with Gasteiger partial charge in [-0.2, -0.15) is 0 Å². The Kier molecular flexibility index (Phi) is 5.97. The highest BCUT2D eigenvalue weighted by Gasteiger charge is 2.32. The Morgan fingerprint density at radius 3 is 2.89 bits per heavy atom. The van der Waals surface area contributed by atoms with Gasteiger partial charge in [0.05, 0.1) is 5.75 Å². The van der Waals surface area contributed by atoms with Crippen molar-refractivity contribution in [2.75, 3.05) is 12.3 Å². The number of rotatable bonds is 8. The number of thioether (sulfide) groups is 1. The lowest BCUT2D eigenvalue weighted by Gasteiger charge is -2.24. The lowest BCUT2D eigenvalue weighted by molar-refractivity contribution is -0.128. The molecule has 6 heteroatoms. The number of imidazole rings is 1. The molecule has 4 rings (SSSR count). The van der Waals surface area contributed by atoms with Crippen LogP contribution in [0.4, 0.5) is 0 Å². The predicted octanol–water partition coefficient (Wildman–Crippen LogP) is 4.20. The Labute approximate surface area is 169 Å². The number of amides is 1. The van der Waals surface area contributed by atoms with E-state index in [1.165, 1.54) is 0 Å². The third-order valence-corrected chi connectivity index (χ3v) is 5.98. The Hall–Kier alpha value is -2.73. The average Bonchev–Trinajstić information content (AvgIpc) is 3.38. The van der Waals surface area contributed by atoms with Crippen LogP contribution in [0.1, 0.15) is 28.7 Å². The zero-order chi connectivity index (χ0) is 19.2. The average molecular weight is 394 g/mol. The molecule has 0 saturated carbocycles. The number of aryl methyl sites for hydroxylation is 1. The topological polar surface area (TPSA) is 58.2 Å². The van der Waals surface area contributed by atoms with Crippen molar-refractivity contribution in [1.29, 1.82) is 0 Å². The van der Waals surface area contributed by atoms with Gasteiger partial charge in [0.2, 0.25) is 5.91 Å². The molecule has 28 heavy (non-hydrogen) atoms. The SMILES string of the molecule is O=C1CSC(c2cccc(OCc3ccccc3)c2)N1CCCc1ncc[nH]1. The van der Waals surface area contributed by atoms with Crippen LogP contribution in [0.3, 0.4) is 0 Å². The van der Waals surface area contributed by atoms with E-state index in [4.69, 9.17) is 4.74 Å². The molecular weight excluding hydrogens is 370 g/mol. The molecule has 0 radical (unpaired) electrons. The Bertz CT molecular complexity index is 899. The van der Waals surface area contributed by atoms with Crippen LogP contribution in [0, 0.1) is 0 Å². The summed E-state index contributed by atoms with van der Waals surface area (Å²) in [5.41, 5.74) is 2.25. The van der Waals surface area contributed by atoms with Crippen LogP contribution in [-0.2, 0) is 17.8 Å². The van der Waals surface area contributed by atoms with Gasteiger partial charge >= 0.3 is 0 Å². The lowest BCUT2D eigenvalue weighted by atomic mass is 10.1. The molecule has 1 saturated heterocycles. The molecule has 2 heterocycles. The minimum atomic E-state index is 0.0457. The van der Waals surface area contributed by atoms with E-state index in [1.807, 2.05) is 41.4 Å². The van der Waals surface area contributed by atoms with Crippen LogP contribution in [0.25, 0.3) is 0 Å². The third kappa shape index (κ3) is 4.57. The maximum atomic E-state index is 12.4. The summed E-state index contributed by atoms with van der Waals surface area (Å²) in [4.78, 5) is 21.7. The molecular formula is C22H23N3O2S. The highest BCUT2D eigenvalue weighted by molar-refractivity contribution is 8.00. The van der Waals surface area contributed by atoms with Crippen LogP contribution < -0.4 is 4.74 Å². The molecule has 2 aromatic carbocycles. The standard InChI is InChI=1S/C22H23N3O2S/c26-21-16-28-22(25(21)13-5-10-20-23-11-12-24-20)18-8-4-9-19(14-18)27-15-17-6-2-1-3-7-17/h1-4,6-9,11-12,14,22H,5,10,13,15-16H2,(H,23,24). The molecule has 5 nitrogen and oxygen atoms in total. The maximum Gasteiger partial charge on any atom is 0.233 e. The quantitative estimate of drug-likeness (QED) is 0.623.